The zero-order valence-corrected chi connectivity index (χ0v) is 9.73. The molecule has 0 aliphatic heterocycles. The Kier molecular flexibility index (Phi) is 2.92. The number of nitrogens with two attached hydrogens (primary N) is 1. The fraction of sp³-hybridized carbons (Fsp3) is 0.400. The van der Waals surface area contributed by atoms with Crippen LogP contribution in [-0.2, 0) is 10.0 Å². The number of sulfonamides is 1. The van der Waals surface area contributed by atoms with Crippen LogP contribution in [0.5, 0.6) is 0 Å². The van der Waals surface area contributed by atoms with Gasteiger partial charge in [-0.3, -0.25) is 0 Å². The van der Waals surface area contributed by atoms with Gasteiger partial charge in [0.05, 0.1) is 4.90 Å². The SMILES string of the molecule is NCC1(NS(=O)(=O)c2ccc(F)c(F)c2)CC1. The maximum Gasteiger partial charge on any atom is 0.241 e. The Balaban J connectivity index is 2.29. The van der Waals surface area contributed by atoms with Crippen LogP contribution in [0.2, 0.25) is 0 Å². The molecule has 0 atom stereocenters. The molecule has 4 nitrogen and oxygen atoms in total. The normalized spacial score (nSPS) is 18.1. The van der Waals surface area contributed by atoms with Crippen molar-refractivity contribution in [1.82, 2.24) is 4.72 Å². The van der Waals surface area contributed by atoms with Gasteiger partial charge in [-0.25, -0.2) is 21.9 Å². The fourth-order valence-electron chi connectivity index (χ4n) is 1.49. The molecule has 0 saturated heterocycles. The van der Waals surface area contributed by atoms with Gasteiger partial charge in [0.2, 0.25) is 10.0 Å². The summed E-state index contributed by atoms with van der Waals surface area (Å²) in [6.45, 7) is 0.190. The van der Waals surface area contributed by atoms with Gasteiger partial charge in [0, 0.05) is 12.1 Å². The van der Waals surface area contributed by atoms with Crippen LogP contribution < -0.4 is 10.5 Å². The molecule has 0 unspecified atom stereocenters. The van der Waals surface area contributed by atoms with Crippen molar-refractivity contribution in [2.75, 3.05) is 6.54 Å². The number of hydrogen-bond acceptors (Lipinski definition) is 3. The Morgan fingerprint density at radius 3 is 2.41 bits per heavy atom. The lowest BCUT2D eigenvalue weighted by atomic mass is 10.3. The van der Waals surface area contributed by atoms with Crippen LogP contribution in [-0.4, -0.2) is 20.5 Å². The van der Waals surface area contributed by atoms with Gasteiger partial charge in [-0.2, -0.15) is 0 Å². The van der Waals surface area contributed by atoms with Crippen molar-refractivity contribution in [2.24, 2.45) is 5.73 Å². The summed E-state index contributed by atoms with van der Waals surface area (Å²) in [6, 6.07) is 2.46. The summed E-state index contributed by atoms with van der Waals surface area (Å²) in [5.41, 5.74) is 4.84. The summed E-state index contributed by atoms with van der Waals surface area (Å²) >= 11 is 0. The zero-order chi connectivity index (χ0) is 12.7. The van der Waals surface area contributed by atoms with Crippen LogP contribution in [0, 0.1) is 11.6 Å². The molecular formula is C10H12F2N2O2S. The Hall–Kier alpha value is -1.05. The average Bonchev–Trinajstić information content (AvgIpc) is 3.02. The minimum atomic E-state index is -3.84. The van der Waals surface area contributed by atoms with Crippen molar-refractivity contribution in [3.05, 3.63) is 29.8 Å². The third-order valence-electron chi connectivity index (χ3n) is 2.80. The highest BCUT2D eigenvalue weighted by atomic mass is 32.2. The first kappa shape index (κ1) is 12.4. The molecule has 0 heterocycles. The molecule has 1 aromatic rings. The van der Waals surface area contributed by atoms with Crippen LogP contribution >= 0.6 is 0 Å². The van der Waals surface area contributed by atoms with Gasteiger partial charge in [-0.15, -0.1) is 0 Å². The molecular weight excluding hydrogens is 250 g/mol. The Labute approximate surface area is 97.9 Å². The first-order chi connectivity index (χ1) is 7.88. The summed E-state index contributed by atoms with van der Waals surface area (Å²) in [4.78, 5) is -0.295. The summed E-state index contributed by atoms with van der Waals surface area (Å²) in [5, 5.41) is 0. The van der Waals surface area contributed by atoms with E-state index >= 15 is 0 Å². The second-order valence-electron chi connectivity index (χ2n) is 4.17. The highest BCUT2D eigenvalue weighted by molar-refractivity contribution is 7.89. The summed E-state index contributed by atoms with van der Waals surface area (Å²) in [5.74, 6) is -2.27. The molecule has 7 heteroatoms. The van der Waals surface area contributed by atoms with E-state index in [9.17, 15) is 17.2 Å². The van der Waals surface area contributed by atoms with E-state index in [4.69, 9.17) is 5.73 Å². The number of halogens is 2. The molecule has 94 valence electrons. The highest BCUT2D eigenvalue weighted by Gasteiger charge is 2.44. The second kappa shape index (κ2) is 4.01. The van der Waals surface area contributed by atoms with Gasteiger partial charge in [0.25, 0.3) is 0 Å². The van der Waals surface area contributed by atoms with Gasteiger partial charge in [-0.05, 0) is 31.0 Å². The lowest BCUT2D eigenvalue weighted by Gasteiger charge is -2.15. The van der Waals surface area contributed by atoms with E-state index in [2.05, 4.69) is 4.72 Å². The van der Waals surface area contributed by atoms with Crippen molar-refractivity contribution >= 4 is 10.0 Å². The van der Waals surface area contributed by atoms with Gasteiger partial charge in [0.1, 0.15) is 0 Å². The van der Waals surface area contributed by atoms with Crippen molar-refractivity contribution in [3.63, 3.8) is 0 Å². The van der Waals surface area contributed by atoms with Crippen molar-refractivity contribution < 1.29 is 17.2 Å². The Morgan fingerprint density at radius 1 is 1.29 bits per heavy atom. The van der Waals surface area contributed by atoms with Crippen LogP contribution in [0.4, 0.5) is 8.78 Å². The molecule has 0 radical (unpaired) electrons. The van der Waals surface area contributed by atoms with Crippen molar-refractivity contribution in [3.8, 4) is 0 Å². The number of rotatable bonds is 4. The molecule has 0 bridgehead atoms. The van der Waals surface area contributed by atoms with E-state index in [1.165, 1.54) is 0 Å². The molecule has 1 saturated carbocycles. The minimum Gasteiger partial charge on any atom is -0.329 e. The van der Waals surface area contributed by atoms with E-state index < -0.39 is 27.2 Å². The van der Waals surface area contributed by atoms with Gasteiger partial charge >= 0.3 is 0 Å². The quantitative estimate of drug-likeness (QED) is 0.840. The van der Waals surface area contributed by atoms with Crippen molar-refractivity contribution in [2.45, 2.75) is 23.3 Å². The van der Waals surface area contributed by atoms with Gasteiger partial charge < -0.3 is 5.73 Å². The zero-order valence-electron chi connectivity index (χ0n) is 8.91. The second-order valence-corrected chi connectivity index (χ2v) is 5.85. The first-order valence-corrected chi connectivity index (χ1v) is 6.56. The molecule has 0 spiro atoms. The fourth-order valence-corrected chi connectivity index (χ4v) is 2.97. The van der Waals surface area contributed by atoms with Crippen LogP contribution in [0.3, 0.4) is 0 Å². The van der Waals surface area contributed by atoms with Gasteiger partial charge in [-0.1, -0.05) is 0 Å². The minimum absolute atomic E-state index is 0.190. The largest absolute Gasteiger partial charge is 0.329 e. The number of hydrogen-bond donors (Lipinski definition) is 2. The van der Waals surface area contributed by atoms with Crippen molar-refractivity contribution in [1.29, 1.82) is 0 Å². The lowest BCUT2D eigenvalue weighted by molar-refractivity contribution is 0.502. The van der Waals surface area contributed by atoms with E-state index in [0.717, 1.165) is 12.1 Å². The molecule has 1 fully saturated rings. The third kappa shape index (κ3) is 2.46. The Morgan fingerprint density at radius 2 is 1.94 bits per heavy atom. The number of benzene rings is 1. The first-order valence-electron chi connectivity index (χ1n) is 5.08. The standard InChI is InChI=1S/C10H12F2N2O2S/c11-8-2-1-7(5-9(8)12)17(15,16)14-10(6-13)3-4-10/h1-2,5,14H,3-4,6,13H2. The van der Waals surface area contributed by atoms with E-state index in [1.807, 2.05) is 0 Å². The maximum absolute atomic E-state index is 12.9. The predicted octanol–water partition coefficient (Wildman–Crippen LogP) is 0.734. The number of nitrogens with one attached hydrogen (secondary N) is 1. The average molecular weight is 262 g/mol. The molecule has 2 rings (SSSR count). The molecule has 0 amide bonds. The van der Waals surface area contributed by atoms with E-state index in [-0.39, 0.29) is 11.4 Å². The lowest BCUT2D eigenvalue weighted by Crippen LogP contribution is -2.42. The molecule has 1 aromatic carbocycles. The molecule has 1 aliphatic carbocycles. The summed E-state index contributed by atoms with van der Waals surface area (Å²) in [6.07, 6.45) is 1.32. The topological polar surface area (TPSA) is 72.2 Å². The molecule has 3 N–H and O–H groups in total. The monoisotopic (exact) mass is 262 g/mol. The maximum atomic E-state index is 12.9. The third-order valence-corrected chi connectivity index (χ3v) is 4.37. The van der Waals surface area contributed by atoms with Gasteiger partial charge in [0.15, 0.2) is 11.6 Å². The van der Waals surface area contributed by atoms with E-state index in [1.54, 1.807) is 0 Å². The van der Waals surface area contributed by atoms with Crippen LogP contribution in [0.15, 0.2) is 23.1 Å². The predicted molar refractivity (Wildman–Crippen MR) is 57.7 cm³/mol. The summed E-state index contributed by atoms with van der Waals surface area (Å²) < 4.78 is 51.8. The van der Waals surface area contributed by atoms with Crippen LogP contribution in [0.25, 0.3) is 0 Å². The van der Waals surface area contributed by atoms with Crippen LogP contribution in [0.1, 0.15) is 12.8 Å². The molecule has 1 aliphatic rings. The highest BCUT2D eigenvalue weighted by Crippen LogP contribution is 2.35. The molecule has 0 aromatic heterocycles. The summed E-state index contributed by atoms with van der Waals surface area (Å²) in [7, 11) is -3.84. The van der Waals surface area contributed by atoms with E-state index in [0.29, 0.717) is 18.9 Å². The molecule has 17 heavy (non-hydrogen) atoms. The smallest absolute Gasteiger partial charge is 0.241 e. The Bertz CT molecular complexity index is 541.